The predicted molar refractivity (Wildman–Crippen MR) is 78.1 cm³/mol. The van der Waals surface area contributed by atoms with Crippen LogP contribution in [0.15, 0.2) is 28.7 Å². The van der Waals surface area contributed by atoms with Gasteiger partial charge in [0.2, 0.25) is 5.89 Å². The maximum Gasteiger partial charge on any atom is 0.322 e. The molecule has 0 bridgehead atoms. The molecule has 0 aliphatic carbocycles. The number of hydrogen-bond acceptors (Lipinski definition) is 5. The highest BCUT2D eigenvalue weighted by atomic mass is 16.4. The molecule has 0 spiro atoms. The molecule has 20 heavy (non-hydrogen) atoms. The number of nitrogens with one attached hydrogen (secondary N) is 1. The molecule has 2 aromatic rings. The van der Waals surface area contributed by atoms with E-state index in [9.17, 15) is 0 Å². The summed E-state index contributed by atoms with van der Waals surface area (Å²) in [6, 6.07) is 9.07. The van der Waals surface area contributed by atoms with Crippen LogP contribution in [0.4, 0.5) is 11.7 Å². The van der Waals surface area contributed by atoms with E-state index in [-0.39, 0.29) is 0 Å². The van der Waals surface area contributed by atoms with E-state index in [1.807, 2.05) is 0 Å². The number of hydrogen-bond donors (Lipinski definition) is 1. The van der Waals surface area contributed by atoms with Gasteiger partial charge in [0.15, 0.2) is 0 Å². The first-order valence-corrected chi connectivity index (χ1v) is 7.27. The van der Waals surface area contributed by atoms with Gasteiger partial charge in [0.1, 0.15) is 0 Å². The van der Waals surface area contributed by atoms with Gasteiger partial charge in [-0.2, -0.15) is 0 Å². The maximum absolute atomic E-state index is 5.78. The average molecular weight is 272 g/mol. The monoisotopic (exact) mass is 272 g/mol. The van der Waals surface area contributed by atoms with Crippen LogP contribution in [0.5, 0.6) is 0 Å². The zero-order chi connectivity index (χ0) is 13.8. The Morgan fingerprint density at radius 3 is 3.05 bits per heavy atom. The average Bonchev–Trinajstić information content (AvgIpc) is 2.84. The molecule has 0 radical (unpaired) electrons. The molecular weight excluding hydrogens is 252 g/mol. The van der Waals surface area contributed by atoms with E-state index in [0.717, 1.165) is 25.9 Å². The summed E-state index contributed by atoms with van der Waals surface area (Å²) >= 11 is 0. The minimum absolute atomic E-state index is 0.604. The second-order valence-corrected chi connectivity index (χ2v) is 5.00. The maximum atomic E-state index is 5.78. The summed E-state index contributed by atoms with van der Waals surface area (Å²) in [6.07, 6.45) is 3.45. The van der Waals surface area contributed by atoms with Crippen LogP contribution in [-0.2, 0) is 13.0 Å². The van der Waals surface area contributed by atoms with E-state index in [4.69, 9.17) is 4.42 Å². The molecule has 0 saturated carbocycles. The van der Waals surface area contributed by atoms with E-state index < -0.39 is 0 Å². The van der Waals surface area contributed by atoms with E-state index in [0.29, 0.717) is 18.5 Å². The topological polar surface area (TPSA) is 54.2 Å². The zero-order valence-electron chi connectivity index (χ0n) is 11.8. The first-order valence-electron chi connectivity index (χ1n) is 7.27. The third-order valence-electron chi connectivity index (χ3n) is 3.57. The summed E-state index contributed by atoms with van der Waals surface area (Å²) in [6.45, 7) is 4.51. The van der Waals surface area contributed by atoms with Crippen molar-refractivity contribution in [3.63, 3.8) is 0 Å². The Bertz CT molecular complexity index is 567. The molecule has 1 aliphatic rings. The summed E-state index contributed by atoms with van der Waals surface area (Å²) in [5.74, 6) is 0.642. The van der Waals surface area contributed by atoms with E-state index in [1.165, 1.54) is 17.7 Å². The molecule has 0 atom stereocenters. The van der Waals surface area contributed by atoms with E-state index in [1.54, 1.807) is 0 Å². The molecule has 3 rings (SSSR count). The number of anilines is 2. The van der Waals surface area contributed by atoms with Crippen molar-refractivity contribution in [3.05, 3.63) is 35.7 Å². The largest absolute Gasteiger partial charge is 0.406 e. The molecule has 1 aliphatic heterocycles. The lowest BCUT2D eigenvalue weighted by Crippen LogP contribution is -2.18. The van der Waals surface area contributed by atoms with Gasteiger partial charge in [0.05, 0.1) is 6.54 Å². The van der Waals surface area contributed by atoms with Gasteiger partial charge in [0.25, 0.3) is 0 Å². The molecule has 2 heterocycles. The Hall–Kier alpha value is -1.88. The van der Waals surface area contributed by atoms with Crippen molar-refractivity contribution in [2.75, 3.05) is 18.0 Å². The van der Waals surface area contributed by atoms with Crippen LogP contribution in [0.25, 0.3) is 0 Å². The highest BCUT2D eigenvalue weighted by molar-refractivity contribution is 5.61. The van der Waals surface area contributed by atoms with Gasteiger partial charge in [-0.1, -0.05) is 30.2 Å². The Morgan fingerprint density at radius 2 is 2.15 bits per heavy atom. The van der Waals surface area contributed by atoms with Crippen LogP contribution in [-0.4, -0.2) is 23.3 Å². The zero-order valence-corrected chi connectivity index (χ0v) is 11.8. The molecule has 0 saturated heterocycles. The highest BCUT2D eigenvalue weighted by Gasteiger charge is 2.20. The number of para-hydroxylation sites is 1. The third kappa shape index (κ3) is 2.67. The molecule has 1 N–H and O–H groups in total. The van der Waals surface area contributed by atoms with Crippen molar-refractivity contribution in [2.24, 2.45) is 0 Å². The SMILES string of the molecule is CCNCc1nnc(N2CCCCc3ccccc32)o1. The number of aromatic nitrogens is 2. The van der Waals surface area contributed by atoms with Crippen LogP contribution in [0.2, 0.25) is 0 Å². The lowest BCUT2D eigenvalue weighted by atomic mass is 10.1. The summed E-state index contributed by atoms with van der Waals surface area (Å²) < 4.78 is 5.78. The number of rotatable bonds is 4. The fourth-order valence-corrected chi connectivity index (χ4v) is 2.55. The van der Waals surface area contributed by atoms with Crippen molar-refractivity contribution in [1.82, 2.24) is 15.5 Å². The Kier molecular flexibility index (Phi) is 3.97. The number of nitrogens with zero attached hydrogens (tertiary/aromatic N) is 3. The van der Waals surface area contributed by atoms with Crippen LogP contribution in [0, 0.1) is 0 Å². The highest BCUT2D eigenvalue weighted by Crippen LogP contribution is 2.31. The Balaban J connectivity index is 1.87. The van der Waals surface area contributed by atoms with E-state index >= 15 is 0 Å². The van der Waals surface area contributed by atoms with Crippen LogP contribution >= 0.6 is 0 Å². The molecule has 0 amide bonds. The molecule has 0 unspecified atom stereocenters. The summed E-state index contributed by atoms with van der Waals surface area (Å²) in [5.41, 5.74) is 2.56. The molecule has 1 aromatic heterocycles. The predicted octanol–water partition coefficient (Wildman–Crippen LogP) is 2.65. The molecule has 5 nitrogen and oxygen atoms in total. The third-order valence-corrected chi connectivity index (χ3v) is 3.57. The lowest BCUT2D eigenvalue weighted by Gasteiger charge is -2.19. The standard InChI is InChI=1S/C15H20N4O/c1-2-16-11-14-17-18-15(20-14)19-10-6-5-8-12-7-3-4-9-13(12)19/h3-4,7,9,16H,2,5-6,8,10-11H2,1H3. The van der Waals surface area contributed by atoms with Crippen molar-refractivity contribution in [2.45, 2.75) is 32.7 Å². The normalized spacial score (nSPS) is 14.9. The van der Waals surface area contributed by atoms with Crippen molar-refractivity contribution >= 4 is 11.7 Å². The molecule has 1 aromatic carbocycles. The number of aryl methyl sites for hydroxylation is 1. The van der Waals surface area contributed by atoms with E-state index in [2.05, 4.69) is 51.6 Å². The summed E-state index contributed by atoms with van der Waals surface area (Å²) in [7, 11) is 0. The number of benzene rings is 1. The molecule has 106 valence electrons. The first kappa shape index (κ1) is 13.1. The van der Waals surface area contributed by atoms with Gasteiger partial charge < -0.3 is 9.73 Å². The van der Waals surface area contributed by atoms with Crippen LogP contribution < -0.4 is 10.2 Å². The summed E-state index contributed by atoms with van der Waals surface area (Å²) in [4.78, 5) is 2.14. The lowest BCUT2D eigenvalue weighted by molar-refractivity contribution is 0.472. The van der Waals surface area contributed by atoms with Gasteiger partial charge in [-0.25, -0.2) is 0 Å². The van der Waals surface area contributed by atoms with Crippen molar-refractivity contribution in [3.8, 4) is 0 Å². The van der Waals surface area contributed by atoms with Crippen LogP contribution in [0.1, 0.15) is 31.2 Å². The molecule has 0 fully saturated rings. The smallest absolute Gasteiger partial charge is 0.322 e. The van der Waals surface area contributed by atoms with Gasteiger partial charge in [-0.15, -0.1) is 5.10 Å². The second-order valence-electron chi connectivity index (χ2n) is 5.00. The Morgan fingerprint density at radius 1 is 1.25 bits per heavy atom. The minimum Gasteiger partial charge on any atom is -0.406 e. The Labute approximate surface area is 119 Å². The first-order chi connectivity index (χ1) is 9.88. The van der Waals surface area contributed by atoms with Crippen LogP contribution in [0.3, 0.4) is 0 Å². The minimum atomic E-state index is 0.604. The van der Waals surface area contributed by atoms with Gasteiger partial charge in [-0.05, 0) is 37.4 Å². The molecular formula is C15H20N4O. The van der Waals surface area contributed by atoms with Gasteiger partial charge >= 0.3 is 6.01 Å². The van der Waals surface area contributed by atoms with Crippen molar-refractivity contribution in [1.29, 1.82) is 0 Å². The van der Waals surface area contributed by atoms with Gasteiger partial charge in [-0.3, -0.25) is 4.90 Å². The van der Waals surface area contributed by atoms with Crippen molar-refractivity contribution < 1.29 is 4.42 Å². The second kappa shape index (κ2) is 6.05. The molecule has 5 heteroatoms. The fraction of sp³-hybridized carbons (Fsp3) is 0.467. The fourth-order valence-electron chi connectivity index (χ4n) is 2.55. The summed E-state index contributed by atoms with van der Waals surface area (Å²) in [5, 5.41) is 11.5. The quantitative estimate of drug-likeness (QED) is 0.927. The number of fused-ring (bicyclic) bond motifs is 1. The van der Waals surface area contributed by atoms with Gasteiger partial charge in [0, 0.05) is 12.2 Å².